The van der Waals surface area contributed by atoms with E-state index in [-0.39, 0.29) is 22.2 Å². The third kappa shape index (κ3) is 7.85. The van der Waals surface area contributed by atoms with Crippen LogP contribution in [0, 0.1) is 17.1 Å². The molecule has 1 atom stereocenters. The molecule has 4 aromatic rings. The molecular formula is C35H30ClFN4O3S2. The van der Waals surface area contributed by atoms with Gasteiger partial charge >= 0.3 is 0 Å². The Morgan fingerprint density at radius 1 is 1.04 bits per heavy atom. The Balaban J connectivity index is 1.33. The highest BCUT2D eigenvalue weighted by Crippen LogP contribution is 2.38. The van der Waals surface area contributed by atoms with Gasteiger partial charge in [-0.25, -0.2) is 4.39 Å². The summed E-state index contributed by atoms with van der Waals surface area (Å²) < 4.78 is 14.7. The molecule has 0 spiro atoms. The first-order valence-electron chi connectivity index (χ1n) is 14.7. The minimum absolute atomic E-state index is 0.0464. The number of thioether (sulfide) groups is 1. The number of nitriles is 1. The zero-order valence-electron chi connectivity index (χ0n) is 24.9. The van der Waals surface area contributed by atoms with E-state index in [2.05, 4.69) is 22.0 Å². The molecule has 1 unspecified atom stereocenters. The average molecular weight is 673 g/mol. The van der Waals surface area contributed by atoms with Crippen LogP contribution >= 0.6 is 34.7 Å². The lowest BCUT2D eigenvalue weighted by Gasteiger charge is -2.16. The fourth-order valence-corrected chi connectivity index (χ4v) is 7.51. The Morgan fingerprint density at radius 2 is 1.80 bits per heavy atom. The van der Waals surface area contributed by atoms with Gasteiger partial charge in [-0.1, -0.05) is 48.9 Å². The average Bonchev–Trinajstić information content (AvgIpc) is 3.42. The number of hydrogen-bond donors (Lipinski definition) is 3. The second-order valence-corrected chi connectivity index (χ2v) is 13.3. The lowest BCUT2D eigenvalue weighted by molar-refractivity contribution is -0.116. The van der Waals surface area contributed by atoms with Gasteiger partial charge in [0, 0.05) is 26.6 Å². The number of amides is 3. The highest BCUT2D eigenvalue weighted by molar-refractivity contribution is 8.00. The van der Waals surface area contributed by atoms with Crippen molar-refractivity contribution in [3.8, 4) is 6.07 Å². The molecular weight excluding hydrogens is 643 g/mol. The van der Waals surface area contributed by atoms with Crippen LogP contribution in [0.3, 0.4) is 0 Å². The van der Waals surface area contributed by atoms with Crippen LogP contribution in [0.1, 0.15) is 58.1 Å². The van der Waals surface area contributed by atoms with Crippen molar-refractivity contribution in [1.29, 1.82) is 5.26 Å². The van der Waals surface area contributed by atoms with Crippen LogP contribution in [0.4, 0.5) is 15.1 Å². The van der Waals surface area contributed by atoms with E-state index in [0.717, 1.165) is 36.1 Å². The van der Waals surface area contributed by atoms with E-state index >= 15 is 0 Å². The Hall–Kier alpha value is -4.43. The number of carbonyl (C=O) groups excluding carboxylic acids is 3. The largest absolute Gasteiger partial charge is 0.321 e. The Labute approximate surface area is 279 Å². The number of rotatable bonds is 10. The monoisotopic (exact) mass is 672 g/mol. The first-order valence-corrected chi connectivity index (χ1v) is 16.8. The SMILES string of the molecule is CCC(Sc1cccc(NC(=O)/C(=C\c2c(F)cccc2Cl)NC(=O)c2ccccc2)c1)C(=O)Nc1sc2c(c1C#N)CCCC2. The fraction of sp³-hybridized carbons (Fsp3) is 0.200. The van der Waals surface area contributed by atoms with Crippen LogP contribution in [-0.4, -0.2) is 23.0 Å². The molecule has 0 aliphatic heterocycles. The maximum absolute atomic E-state index is 14.7. The summed E-state index contributed by atoms with van der Waals surface area (Å²) in [6.45, 7) is 1.91. The summed E-state index contributed by atoms with van der Waals surface area (Å²) in [6.07, 6.45) is 5.63. The summed E-state index contributed by atoms with van der Waals surface area (Å²) in [7, 11) is 0. The van der Waals surface area contributed by atoms with Gasteiger partial charge in [0.05, 0.1) is 15.8 Å². The molecule has 0 saturated heterocycles. The fourth-order valence-electron chi connectivity index (χ4n) is 5.03. The molecule has 0 radical (unpaired) electrons. The molecule has 3 aromatic carbocycles. The van der Waals surface area contributed by atoms with Crippen LogP contribution in [0.2, 0.25) is 5.02 Å². The molecule has 234 valence electrons. The number of benzene rings is 3. The van der Waals surface area contributed by atoms with E-state index < -0.39 is 22.9 Å². The highest BCUT2D eigenvalue weighted by Gasteiger charge is 2.25. The highest BCUT2D eigenvalue weighted by atomic mass is 35.5. The van der Waals surface area contributed by atoms with Crippen molar-refractivity contribution < 1.29 is 18.8 Å². The second-order valence-electron chi connectivity index (χ2n) is 10.5. The van der Waals surface area contributed by atoms with Gasteiger partial charge < -0.3 is 16.0 Å². The van der Waals surface area contributed by atoms with E-state index in [0.29, 0.717) is 28.2 Å². The number of aryl methyl sites for hydroxylation is 1. The molecule has 1 aromatic heterocycles. The molecule has 3 amide bonds. The smallest absolute Gasteiger partial charge is 0.272 e. The van der Waals surface area contributed by atoms with Gasteiger partial charge in [0.1, 0.15) is 22.6 Å². The predicted molar refractivity (Wildman–Crippen MR) is 183 cm³/mol. The van der Waals surface area contributed by atoms with Gasteiger partial charge in [0.2, 0.25) is 5.91 Å². The van der Waals surface area contributed by atoms with Crippen molar-refractivity contribution in [3.63, 3.8) is 0 Å². The quantitative estimate of drug-likeness (QED) is 0.116. The predicted octanol–water partition coefficient (Wildman–Crippen LogP) is 8.21. The summed E-state index contributed by atoms with van der Waals surface area (Å²) in [5.74, 6) is -2.10. The maximum Gasteiger partial charge on any atom is 0.272 e. The topological polar surface area (TPSA) is 111 Å². The maximum atomic E-state index is 14.7. The van der Waals surface area contributed by atoms with Crippen molar-refractivity contribution in [1.82, 2.24) is 5.32 Å². The van der Waals surface area contributed by atoms with E-state index in [1.54, 1.807) is 48.5 Å². The normalized spacial score (nSPS) is 13.2. The molecule has 0 fully saturated rings. The van der Waals surface area contributed by atoms with E-state index in [4.69, 9.17) is 11.6 Å². The number of carbonyl (C=O) groups is 3. The second kappa shape index (κ2) is 15.2. The van der Waals surface area contributed by atoms with Crippen LogP contribution < -0.4 is 16.0 Å². The Kier molecular flexibility index (Phi) is 10.9. The third-order valence-electron chi connectivity index (χ3n) is 7.37. The summed E-state index contributed by atoms with van der Waals surface area (Å²) >= 11 is 9.04. The van der Waals surface area contributed by atoms with Crippen LogP contribution in [0.15, 0.2) is 83.4 Å². The van der Waals surface area contributed by atoms with Crippen molar-refractivity contribution in [2.45, 2.75) is 49.2 Å². The Morgan fingerprint density at radius 3 is 2.54 bits per heavy atom. The number of nitrogens with zero attached hydrogens (tertiary/aromatic N) is 1. The van der Waals surface area contributed by atoms with Crippen molar-refractivity contribution in [2.24, 2.45) is 0 Å². The van der Waals surface area contributed by atoms with Crippen molar-refractivity contribution in [2.75, 3.05) is 10.6 Å². The van der Waals surface area contributed by atoms with E-state index in [1.807, 2.05) is 13.0 Å². The molecule has 3 N–H and O–H groups in total. The molecule has 1 aliphatic rings. The molecule has 1 heterocycles. The first kappa shape index (κ1) is 32.9. The summed E-state index contributed by atoms with van der Waals surface area (Å²) in [5, 5.41) is 18.3. The summed E-state index contributed by atoms with van der Waals surface area (Å²) in [4.78, 5) is 41.7. The van der Waals surface area contributed by atoms with Crippen molar-refractivity contribution >= 4 is 69.2 Å². The number of hydrogen-bond acceptors (Lipinski definition) is 6. The standard InChI is InChI=1S/C35H30ClFN4O3S2/c1-2-30(34(44)41-35-26(20-38)24-14-6-7-17-31(24)46-35)45-23-13-8-12-22(18-23)39-33(43)29(19-25-27(36)15-9-16-28(25)37)40-32(42)21-10-4-3-5-11-21/h3-5,8-13,15-16,18-19,30H,2,6-7,14,17H2,1H3,(H,39,43)(H,40,42)(H,41,44)/b29-19+. The molecule has 11 heteroatoms. The number of halogens is 2. The zero-order chi connectivity index (χ0) is 32.6. The zero-order valence-corrected chi connectivity index (χ0v) is 27.3. The third-order valence-corrected chi connectivity index (χ3v) is 10.3. The van der Waals surface area contributed by atoms with Gasteiger partial charge in [-0.2, -0.15) is 5.26 Å². The summed E-state index contributed by atoms with van der Waals surface area (Å²) in [6, 6.07) is 21.7. The van der Waals surface area contributed by atoms with Crippen LogP contribution in [0.25, 0.3) is 6.08 Å². The van der Waals surface area contributed by atoms with Crippen LogP contribution in [-0.2, 0) is 22.4 Å². The minimum Gasteiger partial charge on any atom is -0.321 e. The van der Waals surface area contributed by atoms with Gasteiger partial charge in [-0.15, -0.1) is 23.1 Å². The number of anilines is 2. The molecule has 0 bridgehead atoms. The van der Waals surface area contributed by atoms with E-state index in [1.165, 1.54) is 52.3 Å². The minimum atomic E-state index is -0.693. The van der Waals surface area contributed by atoms with Gasteiger partial charge in [0.25, 0.3) is 11.8 Å². The number of nitrogens with one attached hydrogen (secondary N) is 3. The van der Waals surface area contributed by atoms with Crippen LogP contribution in [0.5, 0.6) is 0 Å². The van der Waals surface area contributed by atoms with Gasteiger partial charge in [0.15, 0.2) is 0 Å². The van der Waals surface area contributed by atoms with Gasteiger partial charge in [-0.3, -0.25) is 14.4 Å². The molecule has 5 rings (SSSR count). The van der Waals surface area contributed by atoms with Crippen molar-refractivity contribution in [3.05, 3.63) is 116 Å². The lowest BCUT2D eigenvalue weighted by atomic mass is 9.96. The number of fused-ring (bicyclic) bond motifs is 1. The van der Waals surface area contributed by atoms with Gasteiger partial charge in [-0.05, 0) is 86.2 Å². The van der Waals surface area contributed by atoms with E-state index in [9.17, 15) is 24.0 Å². The molecule has 46 heavy (non-hydrogen) atoms. The molecule has 7 nitrogen and oxygen atoms in total. The summed E-state index contributed by atoms with van der Waals surface area (Å²) in [5.41, 5.74) is 2.09. The first-order chi connectivity index (χ1) is 22.3. The molecule has 0 saturated carbocycles. The Bertz CT molecular complexity index is 1830. The molecule has 1 aliphatic carbocycles. The number of thiophene rings is 1. The lowest BCUT2D eigenvalue weighted by Crippen LogP contribution is -2.30.